The van der Waals surface area contributed by atoms with Gasteiger partial charge in [0.25, 0.3) is 0 Å². The second-order valence-corrected chi connectivity index (χ2v) is 8.64. The predicted octanol–water partition coefficient (Wildman–Crippen LogP) is 4.25. The summed E-state index contributed by atoms with van der Waals surface area (Å²) in [5, 5.41) is 11.6. The van der Waals surface area contributed by atoms with Crippen LogP contribution in [-0.4, -0.2) is 37.7 Å². The molecule has 0 radical (unpaired) electrons. The summed E-state index contributed by atoms with van der Waals surface area (Å²) < 4.78 is 9.20. The Labute approximate surface area is 191 Å². The first-order valence-electron chi connectivity index (χ1n) is 10.7. The lowest BCUT2D eigenvalue weighted by Crippen LogP contribution is -2.26. The van der Waals surface area contributed by atoms with Gasteiger partial charge in [-0.25, -0.2) is 4.68 Å². The number of carbonyl (C=O) groups excluding carboxylic acids is 1. The molecule has 32 heavy (non-hydrogen) atoms. The summed E-state index contributed by atoms with van der Waals surface area (Å²) >= 11 is 1.74. The summed E-state index contributed by atoms with van der Waals surface area (Å²) in [4.78, 5) is 12.2. The number of nitrogens with one attached hydrogen (secondary N) is 1. The quantitative estimate of drug-likeness (QED) is 0.366. The smallest absolute Gasteiger partial charge is 0.220 e. The molecule has 7 nitrogen and oxygen atoms in total. The number of thioether (sulfide) groups is 1. The zero-order valence-electron chi connectivity index (χ0n) is 18.3. The molecule has 1 aromatic carbocycles. The average Bonchev–Trinajstić information content (AvgIpc) is 3.54. The third-order valence-corrected chi connectivity index (χ3v) is 6.28. The molecule has 4 rings (SSSR count). The van der Waals surface area contributed by atoms with Crippen molar-refractivity contribution in [3.8, 4) is 11.5 Å². The van der Waals surface area contributed by atoms with E-state index in [4.69, 9.17) is 4.52 Å². The Hall–Kier alpha value is -3.26. The molecule has 3 aromatic heterocycles. The van der Waals surface area contributed by atoms with Gasteiger partial charge >= 0.3 is 0 Å². The number of nitrogens with zero attached hydrogens (tertiary/aromatic N) is 4. The van der Waals surface area contributed by atoms with Crippen LogP contribution < -0.4 is 5.32 Å². The second-order valence-electron chi connectivity index (χ2n) is 7.54. The molecule has 3 heterocycles. The highest BCUT2D eigenvalue weighted by molar-refractivity contribution is 7.98. The van der Waals surface area contributed by atoms with Crippen LogP contribution in [-0.2, 0) is 17.0 Å². The SMILES string of the molecule is Cc1noc(C)c1CCNC(=O)CCSCc1cnn(-c2ccccc2)c1-n1cccc1. The van der Waals surface area contributed by atoms with E-state index in [1.165, 1.54) is 0 Å². The van der Waals surface area contributed by atoms with Gasteiger partial charge in [0, 0.05) is 48.0 Å². The maximum atomic E-state index is 12.2. The van der Waals surface area contributed by atoms with Crippen molar-refractivity contribution in [1.82, 2.24) is 24.8 Å². The van der Waals surface area contributed by atoms with Gasteiger partial charge in [-0.05, 0) is 44.5 Å². The van der Waals surface area contributed by atoms with Crippen molar-refractivity contribution in [1.29, 1.82) is 0 Å². The van der Waals surface area contributed by atoms with E-state index in [0.717, 1.165) is 52.0 Å². The van der Waals surface area contributed by atoms with Gasteiger partial charge in [-0.3, -0.25) is 4.79 Å². The van der Waals surface area contributed by atoms with Gasteiger partial charge < -0.3 is 14.4 Å². The minimum absolute atomic E-state index is 0.0647. The van der Waals surface area contributed by atoms with Crippen LogP contribution in [0.15, 0.2) is 65.6 Å². The highest BCUT2D eigenvalue weighted by Gasteiger charge is 2.14. The van der Waals surface area contributed by atoms with Crippen molar-refractivity contribution < 1.29 is 9.32 Å². The molecular formula is C24H27N5O2S. The summed E-state index contributed by atoms with van der Waals surface area (Å²) in [5.74, 6) is 3.44. The lowest BCUT2D eigenvalue weighted by Gasteiger charge is -2.11. The normalized spacial score (nSPS) is 11.1. The molecule has 0 fully saturated rings. The molecule has 0 spiro atoms. The lowest BCUT2D eigenvalue weighted by molar-refractivity contribution is -0.120. The van der Waals surface area contributed by atoms with Gasteiger partial charge in [0.2, 0.25) is 5.91 Å². The minimum Gasteiger partial charge on any atom is -0.361 e. The zero-order valence-corrected chi connectivity index (χ0v) is 19.1. The molecule has 8 heteroatoms. The van der Waals surface area contributed by atoms with Gasteiger partial charge in [0.1, 0.15) is 11.6 Å². The fraction of sp³-hybridized carbons (Fsp3) is 0.292. The molecule has 0 saturated carbocycles. The fourth-order valence-corrected chi connectivity index (χ4v) is 4.51. The number of aromatic nitrogens is 4. The summed E-state index contributed by atoms with van der Waals surface area (Å²) in [6.45, 7) is 4.41. The van der Waals surface area contributed by atoms with Crippen molar-refractivity contribution >= 4 is 17.7 Å². The van der Waals surface area contributed by atoms with Crippen LogP contribution >= 0.6 is 11.8 Å². The number of amides is 1. The molecule has 0 saturated heterocycles. The highest BCUT2D eigenvalue weighted by Crippen LogP contribution is 2.24. The van der Waals surface area contributed by atoms with Crippen LogP contribution in [0.4, 0.5) is 0 Å². The largest absolute Gasteiger partial charge is 0.361 e. The van der Waals surface area contributed by atoms with Gasteiger partial charge in [0.05, 0.1) is 17.6 Å². The highest BCUT2D eigenvalue weighted by atomic mass is 32.2. The third-order valence-electron chi connectivity index (χ3n) is 5.28. The first-order chi connectivity index (χ1) is 15.6. The third kappa shape index (κ3) is 5.13. The molecule has 0 atom stereocenters. The van der Waals surface area contributed by atoms with E-state index < -0.39 is 0 Å². The van der Waals surface area contributed by atoms with Crippen LogP contribution in [0.5, 0.6) is 0 Å². The fourth-order valence-electron chi connectivity index (χ4n) is 3.61. The summed E-state index contributed by atoms with van der Waals surface area (Å²) in [6.07, 6.45) is 7.18. The first kappa shape index (κ1) is 22.0. The summed E-state index contributed by atoms with van der Waals surface area (Å²) in [7, 11) is 0. The standard InChI is InChI=1S/C24H27N5O2S/c1-18-22(19(2)31-27-18)10-12-25-23(30)11-15-32-17-20-16-26-29(21-8-4-3-5-9-21)24(20)28-13-6-7-14-28/h3-9,13-14,16H,10-12,15,17H2,1-2H3,(H,25,30). The van der Waals surface area contributed by atoms with E-state index in [0.29, 0.717) is 13.0 Å². The van der Waals surface area contributed by atoms with E-state index in [2.05, 4.69) is 20.1 Å². The Balaban J connectivity index is 1.30. The molecule has 0 aliphatic rings. The monoisotopic (exact) mass is 449 g/mol. The molecule has 0 aliphatic carbocycles. The Kier molecular flexibility index (Phi) is 7.11. The van der Waals surface area contributed by atoms with E-state index in [9.17, 15) is 4.79 Å². The van der Waals surface area contributed by atoms with E-state index in [-0.39, 0.29) is 5.91 Å². The number of carbonyl (C=O) groups is 1. The molecule has 0 unspecified atom stereocenters. The van der Waals surface area contributed by atoms with E-state index >= 15 is 0 Å². The number of aryl methyl sites for hydroxylation is 2. The number of rotatable bonds is 10. The van der Waals surface area contributed by atoms with Gasteiger partial charge in [-0.1, -0.05) is 23.4 Å². The molecule has 0 aliphatic heterocycles. The minimum atomic E-state index is 0.0647. The van der Waals surface area contributed by atoms with Crippen LogP contribution in [0.2, 0.25) is 0 Å². The molecular weight excluding hydrogens is 422 g/mol. The first-order valence-corrected chi connectivity index (χ1v) is 11.8. The lowest BCUT2D eigenvalue weighted by atomic mass is 10.1. The topological polar surface area (TPSA) is 77.9 Å². The van der Waals surface area contributed by atoms with Crippen molar-refractivity contribution in [2.24, 2.45) is 0 Å². The predicted molar refractivity (Wildman–Crippen MR) is 126 cm³/mol. The van der Waals surface area contributed by atoms with Gasteiger partial charge in [-0.2, -0.15) is 16.9 Å². The van der Waals surface area contributed by atoms with Crippen LogP contribution in [0, 0.1) is 13.8 Å². The molecule has 1 amide bonds. The Morgan fingerprint density at radius 1 is 1.12 bits per heavy atom. The van der Waals surface area contributed by atoms with Crippen molar-refractivity contribution in [3.63, 3.8) is 0 Å². The number of para-hydroxylation sites is 1. The molecule has 0 bridgehead atoms. The Morgan fingerprint density at radius 3 is 2.62 bits per heavy atom. The van der Waals surface area contributed by atoms with E-state index in [1.54, 1.807) is 11.8 Å². The molecule has 166 valence electrons. The van der Waals surface area contributed by atoms with Crippen molar-refractivity contribution in [3.05, 3.63) is 83.6 Å². The van der Waals surface area contributed by atoms with Crippen LogP contribution in [0.3, 0.4) is 0 Å². The average molecular weight is 450 g/mol. The van der Waals surface area contributed by atoms with Gasteiger partial charge in [-0.15, -0.1) is 0 Å². The maximum absolute atomic E-state index is 12.2. The molecule has 4 aromatic rings. The van der Waals surface area contributed by atoms with Crippen LogP contribution in [0.1, 0.15) is 29.0 Å². The summed E-state index contributed by atoms with van der Waals surface area (Å²) in [6, 6.07) is 14.1. The number of hydrogen-bond acceptors (Lipinski definition) is 5. The number of hydrogen-bond donors (Lipinski definition) is 1. The van der Waals surface area contributed by atoms with Crippen molar-refractivity contribution in [2.45, 2.75) is 32.4 Å². The Morgan fingerprint density at radius 2 is 1.91 bits per heavy atom. The van der Waals surface area contributed by atoms with Gasteiger partial charge in [0.15, 0.2) is 0 Å². The second kappa shape index (κ2) is 10.4. The van der Waals surface area contributed by atoms with E-state index in [1.807, 2.05) is 79.6 Å². The Bertz CT molecular complexity index is 1130. The maximum Gasteiger partial charge on any atom is 0.220 e. The zero-order chi connectivity index (χ0) is 22.3. The number of benzene rings is 1. The van der Waals surface area contributed by atoms with Crippen molar-refractivity contribution in [2.75, 3.05) is 12.3 Å². The molecule has 1 N–H and O–H groups in total. The van der Waals surface area contributed by atoms with Crippen LogP contribution in [0.25, 0.3) is 11.5 Å². The summed E-state index contributed by atoms with van der Waals surface area (Å²) in [5.41, 5.74) is 4.12.